The number of benzene rings is 1. The second-order valence-electron chi connectivity index (χ2n) is 5.23. The van der Waals surface area contributed by atoms with Crippen molar-refractivity contribution >= 4 is 0 Å². The van der Waals surface area contributed by atoms with Gasteiger partial charge in [0.15, 0.2) is 0 Å². The first kappa shape index (κ1) is 15.1. The highest BCUT2D eigenvalue weighted by Crippen LogP contribution is 2.23. The van der Waals surface area contributed by atoms with Crippen molar-refractivity contribution in [3.63, 3.8) is 0 Å². The first-order chi connectivity index (χ1) is 10.1. The fourth-order valence-corrected chi connectivity index (χ4v) is 2.40. The summed E-state index contributed by atoms with van der Waals surface area (Å²) in [6.07, 6.45) is 1.83. The van der Waals surface area contributed by atoms with Crippen LogP contribution in [0.25, 0.3) is 11.3 Å². The van der Waals surface area contributed by atoms with E-state index in [-0.39, 0.29) is 17.2 Å². The molecular weight excluding hydrogens is 260 g/mol. The molecule has 0 aliphatic rings. The van der Waals surface area contributed by atoms with Gasteiger partial charge in [0.25, 0.3) is 5.56 Å². The van der Waals surface area contributed by atoms with E-state index in [1.807, 2.05) is 38.1 Å². The van der Waals surface area contributed by atoms with Crippen LogP contribution < -0.4 is 5.56 Å². The standard InChI is InChI=1S/C18H20N2O/c1-4-13(3)20-17(11-10-16(12-19)18(20)21)15-8-6-14(5-2)7-9-15/h6-11,13H,4-5H2,1-3H3. The summed E-state index contributed by atoms with van der Waals surface area (Å²) in [6.45, 7) is 6.17. The molecule has 0 saturated carbocycles. The molecule has 21 heavy (non-hydrogen) atoms. The molecule has 0 radical (unpaired) electrons. The quantitative estimate of drug-likeness (QED) is 0.852. The zero-order valence-corrected chi connectivity index (χ0v) is 12.8. The van der Waals surface area contributed by atoms with E-state index in [2.05, 4.69) is 19.1 Å². The van der Waals surface area contributed by atoms with E-state index in [9.17, 15) is 4.79 Å². The van der Waals surface area contributed by atoms with Gasteiger partial charge in [-0.3, -0.25) is 4.79 Å². The van der Waals surface area contributed by atoms with E-state index in [1.54, 1.807) is 10.6 Å². The first-order valence-corrected chi connectivity index (χ1v) is 7.37. The van der Waals surface area contributed by atoms with Gasteiger partial charge in [-0.25, -0.2) is 0 Å². The fraction of sp³-hybridized carbons (Fsp3) is 0.333. The van der Waals surface area contributed by atoms with Gasteiger partial charge in [0.2, 0.25) is 0 Å². The second-order valence-corrected chi connectivity index (χ2v) is 5.23. The third-order valence-corrected chi connectivity index (χ3v) is 3.93. The van der Waals surface area contributed by atoms with Crippen LogP contribution in [0, 0.1) is 11.3 Å². The number of rotatable bonds is 4. The van der Waals surface area contributed by atoms with Gasteiger partial charge in [-0.2, -0.15) is 5.26 Å². The van der Waals surface area contributed by atoms with Crippen LogP contribution in [-0.2, 0) is 6.42 Å². The lowest BCUT2D eigenvalue weighted by molar-refractivity contribution is 0.519. The highest BCUT2D eigenvalue weighted by molar-refractivity contribution is 5.61. The van der Waals surface area contributed by atoms with Crippen LogP contribution in [0.1, 0.15) is 44.4 Å². The lowest BCUT2D eigenvalue weighted by Gasteiger charge is -2.19. The van der Waals surface area contributed by atoms with Gasteiger partial charge >= 0.3 is 0 Å². The SMILES string of the molecule is CCc1ccc(-c2ccc(C#N)c(=O)n2C(C)CC)cc1. The highest BCUT2D eigenvalue weighted by atomic mass is 16.1. The van der Waals surface area contributed by atoms with Gasteiger partial charge in [-0.1, -0.05) is 38.1 Å². The Hall–Kier alpha value is -2.34. The first-order valence-electron chi connectivity index (χ1n) is 7.37. The maximum atomic E-state index is 12.5. The molecule has 1 unspecified atom stereocenters. The molecule has 1 atom stereocenters. The maximum Gasteiger partial charge on any atom is 0.269 e. The predicted octanol–water partition coefficient (Wildman–Crippen LogP) is 3.92. The molecule has 2 rings (SSSR count). The Morgan fingerprint density at radius 1 is 1.14 bits per heavy atom. The topological polar surface area (TPSA) is 45.8 Å². The number of pyridine rings is 1. The Morgan fingerprint density at radius 2 is 1.81 bits per heavy atom. The molecule has 0 aliphatic carbocycles. The van der Waals surface area contributed by atoms with Crippen molar-refractivity contribution in [1.82, 2.24) is 4.57 Å². The van der Waals surface area contributed by atoms with Gasteiger partial charge < -0.3 is 4.57 Å². The van der Waals surface area contributed by atoms with E-state index < -0.39 is 0 Å². The summed E-state index contributed by atoms with van der Waals surface area (Å²) in [5, 5.41) is 9.06. The van der Waals surface area contributed by atoms with Crippen molar-refractivity contribution in [3.8, 4) is 17.3 Å². The van der Waals surface area contributed by atoms with Gasteiger partial charge in [-0.05, 0) is 43.0 Å². The van der Waals surface area contributed by atoms with Crippen LogP contribution in [0.4, 0.5) is 0 Å². The minimum atomic E-state index is -0.205. The summed E-state index contributed by atoms with van der Waals surface area (Å²) in [7, 11) is 0. The lowest BCUT2D eigenvalue weighted by Crippen LogP contribution is -2.26. The number of aromatic nitrogens is 1. The summed E-state index contributed by atoms with van der Waals surface area (Å²) in [5.41, 5.74) is 3.14. The largest absolute Gasteiger partial charge is 0.304 e. The summed E-state index contributed by atoms with van der Waals surface area (Å²) in [4.78, 5) is 12.5. The molecule has 1 heterocycles. The fourth-order valence-electron chi connectivity index (χ4n) is 2.40. The molecule has 1 aromatic heterocycles. The van der Waals surface area contributed by atoms with Crippen molar-refractivity contribution in [2.24, 2.45) is 0 Å². The smallest absolute Gasteiger partial charge is 0.269 e. The molecule has 0 spiro atoms. The van der Waals surface area contributed by atoms with Crippen molar-refractivity contribution in [1.29, 1.82) is 5.26 Å². The van der Waals surface area contributed by atoms with Gasteiger partial charge in [0.05, 0.1) is 5.69 Å². The Bertz CT molecular complexity index is 720. The molecule has 3 nitrogen and oxygen atoms in total. The average Bonchev–Trinajstić information content (AvgIpc) is 2.54. The minimum absolute atomic E-state index is 0.0617. The van der Waals surface area contributed by atoms with Crippen LogP contribution in [0.15, 0.2) is 41.2 Å². The predicted molar refractivity (Wildman–Crippen MR) is 85.2 cm³/mol. The molecule has 2 aromatic rings. The highest BCUT2D eigenvalue weighted by Gasteiger charge is 2.14. The van der Waals surface area contributed by atoms with Crippen LogP contribution in [0.3, 0.4) is 0 Å². The Labute approximate surface area is 125 Å². The number of hydrogen-bond donors (Lipinski definition) is 0. The Morgan fingerprint density at radius 3 is 2.33 bits per heavy atom. The molecule has 3 heteroatoms. The molecule has 0 amide bonds. The molecular formula is C18H20N2O. The lowest BCUT2D eigenvalue weighted by atomic mass is 10.0. The van der Waals surface area contributed by atoms with E-state index >= 15 is 0 Å². The Balaban J connectivity index is 2.65. The molecule has 0 saturated heterocycles. The molecule has 0 aliphatic heterocycles. The minimum Gasteiger partial charge on any atom is -0.304 e. The second kappa shape index (κ2) is 6.41. The van der Waals surface area contributed by atoms with Crippen LogP contribution in [0.2, 0.25) is 0 Å². The molecule has 1 aromatic carbocycles. The molecule has 108 valence electrons. The van der Waals surface area contributed by atoms with Crippen molar-refractivity contribution in [2.75, 3.05) is 0 Å². The van der Waals surface area contributed by atoms with Crippen molar-refractivity contribution < 1.29 is 0 Å². The summed E-state index contributed by atoms with van der Waals surface area (Å²) < 4.78 is 1.74. The maximum absolute atomic E-state index is 12.5. The summed E-state index contributed by atoms with van der Waals surface area (Å²) in [6, 6.07) is 13.8. The third-order valence-electron chi connectivity index (χ3n) is 3.93. The molecule has 0 fully saturated rings. The van der Waals surface area contributed by atoms with Crippen LogP contribution in [-0.4, -0.2) is 4.57 Å². The van der Waals surface area contributed by atoms with E-state index in [0.717, 1.165) is 24.1 Å². The van der Waals surface area contributed by atoms with Crippen LogP contribution in [0.5, 0.6) is 0 Å². The number of hydrogen-bond acceptors (Lipinski definition) is 2. The van der Waals surface area contributed by atoms with E-state index in [1.165, 1.54) is 5.56 Å². The van der Waals surface area contributed by atoms with Gasteiger partial charge in [0, 0.05) is 6.04 Å². The van der Waals surface area contributed by atoms with E-state index in [4.69, 9.17) is 5.26 Å². The normalized spacial score (nSPS) is 11.9. The van der Waals surface area contributed by atoms with Crippen molar-refractivity contribution in [3.05, 3.63) is 57.9 Å². The number of nitriles is 1. The summed E-state index contributed by atoms with van der Waals surface area (Å²) >= 11 is 0. The molecule has 0 bridgehead atoms. The van der Waals surface area contributed by atoms with Gasteiger partial charge in [0.1, 0.15) is 11.6 Å². The third kappa shape index (κ3) is 2.90. The van der Waals surface area contributed by atoms with Crippen molar-refractivity contribution in [2.45, 2.75) is 39.7 Å². The monoisotopic (exact) mass is 280 g/mol. The van der Waals surface area contributed by atoms with Gasteiger partial charge in [-0.15, -0.1) is 0 Å². The molecule has 0 N–H and O–H groups in total. The zero-order valence-electron chi connectivity index (χ0n) is 12.8. The average molecular weight is 280 g/mol. The van der Waals surface area contributed by atoms with Crippen LogP contribution >= 0.6 is 0 Å². The Kier molecular flexibility index (Phi) is 4.59. The zero-order chi connectivity index (χ0) is 15.4. The summed E-state index contributed by atoms with van der Waals surface area (Å²) in [5.74, 6) is 0. The number of nitrogens with zero attached hydrogens (tertiary/aromatic N) is 2. The number of aryl methyl sites for hydroxylation is 1. The van der Waals surface area contributed by atoms with E-state index in [0.29, 0.717) is 0 Å².